The van der Waals surface area contributed by atoms with Gasteiger partial charge in [-0.05, 0) is 46.9 Å². The second-order valence-electron chi connectivity index (χ2n) is 8.09. The third-order valence-electron chi connectivity index (χ3n) is 5.73. The summed E-state index contributed by atoms with van der Waals surface area (Å²) in [5, 5.41) is 10.6. The van der Waals surface area contributed by atoms with Gasteiger partial charge in [-0.25, -0.2) is 9.80 Å². The van der Waals surface area contributed by atoms with Crippen LogP contribution < -0.4 is 10.2 Å². The molecule has 0 saturated heterocycles. The van der Waals surface area contributed by atoms with Crippen molar-refractivity contribution in [3.05, 3.63) is 89.5 Å². The molecule has 0 aliphatic heterocycles. The molecule has 3 aromatic rings. The summed E-state index contributed by atoms with van der Waals surface area (Å²) < 4.78 is 16.2. The van der Waals surface area contributed by atoms with E-state index in [4.69, 9.17) is 14.2 Å². The van der Waals surface area contributed by atoms with Crippen LogP contribution in [0.25, 0.3) is 11.1 Å². The maximum atomic E-state index is 12.6. The first kappa shape index (κ1) is 24.3. The fourth-order valence-electron chi connectivity index (χ4n) is 4.16. The first-order valence-corrected chi connectivity index (χ1v) is 11.4. The molecule has 0 saturated carbocycles. The van der Waals surface area contributed by atoms with E-state index in [1.165, 1.54) is 5.01 Å². The Morgan fingerprint density at radius 1 is 0.943 bits per heavy atom. The molecule has 0 radical (unpaired) electrons. The van der Waals surface area contributed by atoms with Crippen LogP contribution in [0.1, 0.15) is 29.5 Å². The zero-order chi connectivity index (χ0) is 24.6. The van der Waals surface area contributed by atoms with Crippen molar-refractivity contribution >= 4 is 12.1 Å². The molecule has 0 spiro atoms. The average molecular weight is 477 g/mol. The number of carboxylic acid groups (broad SMARTS) is 1. The topological polar surface area (TPSA) is 97.3 Å². The van der Waals surface area contributed by atoms with Gasteiger partial charge in [-0.15, -0.1) is 0 Å². The summed E-state index contributed by atoms with van der Waals surface area (Å²) in [5.41, 5.74) is 7.85. The number of hydrogen-bond donors (Lipinski definition) is 2. The molecule has 0 unspecified atom stereocenters. The summed E-state index contributed by atoms with van der Waals surface area (Å²) in [5.74, 6) is -0.512. The van der Waals surface area contributed by atoms with E-state index in [0.29, 0.717) is 12.4 Å². The largest absolute Gasteiger partial charge is 0.480 e. The van der Waals surface area contributed by atoms with Crippen LogP contribution in [-0.4, -0.2) is 48.7 Å². The Bertz CT molecular complexity index is 1120. The Kier molecular flexibility index (Phi) is 7.97. The van der Waals surface area contributed by atoms with Crippen molar-refractivity contribution < 1.29 is 28.9 Å². The summed E-state index contributed by atoms with van der Waals surface area (Å²) in [6.07, 6.45) is -0.704. The minimum absolute atomic E-state index is 0.0784. The summed E-state index contributed by atoms with van der Waals surface area (Å²) >= 11 is 0. The Morgan fingerprint density at radius 3 is 2.17 bits per heavy atom. The molecule has 182 valence electrons. The van der Waals surface area contributed by atoms with E-state index < -0.39 is 12.1 Å². The maximum Gasteiger partial charge on any atom is 0.421 e. The lowest BCUT2D eigenvalue weighted by Crippen LogP contribution is -2.45. The first-order chi connectivity index (χ1) is 17.0. The molecule has 1 amide bonds. The highest BCUT2D eigenvalue weighted by Gasteiger charge is 2.29. The smallest absolute Gasteiger partial charge is 0.421 e. The number of carboxylic acids is 1. The minimum Gasteiger partial charge on any atom is -0.480 e. The van der Waals surface area contributed by atoms with Gasteiger partial charge in [0.05, 0.1) is 0 Å². The molecule has 0 atom stereocenters. The van der Waals surface area contributed by atoms with E-state index >= 15 is 0 Å². The number of carbonyl (C=O) groups excluding carboxylic acids is 1. The van der Waals surface area contributed by atoms with Crippen molar-refractivity contribution in [2.75, 3.05) is 26.6 Å². The number of aliphatic carboxylic acids is 1. The van der Waals surface area contributed by atoms with Gasteiger partial charge in [0.2, 0.25) is 0 Å². The fourth-order valence-corrected chi connectivity index (χ4v) is 4.16. The number of nitrogens with one attached hydrogen (secondary N) is 1. The van der Waals surface area contributed by atoms with Gasteiger partial charge in [-0.2, -0.15) is 0 Å². The number of nitrogens with zero attached hydrogens (tertiary/aromatic N) is 1. The average Bonchev–Trinajstić information content (AvgIpc) is 3.17. The summed E-state index contributed by atoms with van der Waals surface area (Å²) in [6, 6.07) is 23.3. The van der Waals surface area contributed by atoms with Gasteiger partial charge in [-0.3, -0.25) is 10.2 Å². The molecule has 8 heteroatoms. The van der Waals surface area contributed by atoms with Gasteiger partial charge in [0.1, 0.15) is 18.9 Å². The Hall–Kier alpha value is -3.88. The zero-order valence-electron chi connectivity index (χ0n) is 19.5. The number of ether oxygens (including phenoxy) is 3. The van der Waals surface area contributed by atoms with Gasteiger partial charge in [0, 0.05) is 19.1 Å². The normalized spacial score (nSPS) is 12.2. The monoisotopic (exact) mass is 476 g/mol. The molecular formula is C27H28N2O6. The van der Waals surface area contributed by atoms with E-state index in [9.17, 15) is 14.7 Å². The third-order valence-corrected chi connectivity index (χ3v) is 5.73. The van der Waals surface area contributed by atoms with E-state index in [1.807, 2.05) is 43.3 Å². The van der Waals surface area contributed by atoms with Crippen molar-refractivity contribution in [3.63, 3.8) is 0 Å². The lowest BCUT2D eigenvalue weighted by Gasteiger charge is -2.22. The molecule has 0 aromatic heterocycles. The predicted molar refractivity (Wildman–Crippen MR) is 130 cm³/mol. The molecular weight excluding hydrogens is 448 g/mol. The lowest BCUT2D eigenvalue weighted by molar-refractivity contribution is -0.139. The van der Waals surface area contributed by atoms with Crippen molar-refractivity contribution in [2.45, 2.75) is 19.4 Å². The SMILES string of the molecule is CCOCOc1ccc(CN(CC(=O)O)NC(=O)OCC2c3ccccc3-c3ccccc32)cc1. The molecule has 0 heterocycles. The Morgan fingerprint density at radius 2 is 1.57 bits per heavy atom. The fraction of sp³-hybridized carbons (Fsp3) is 0.259. The molecule has 2 N–H and O–H groups in total. The van der Waals surface area contributed by atoms with Crippen LogP contribution >= 0.6 is 0 Å². The zero-order valence-corrected chi connectivity index (χ0v) is 19.5. The van der Waals surface area contributed by atoms with Crippen LogP contribution in [-0.2, 0) is 20.8 Å². The number of hydrazine groups is 1. The second-order valence-corrected chi connectivity index (χ2v) is 8.09. The van der Waals surface area contributed by atoms with Gasteiger partial charge >= 0.3 is 12.1 Å². The first-order valence-electron chi connectivity index (χ1n) is 11.4. The van der Waals surface area contributed by atoms with Gasteiger partial charge in [-0.1, -0.05) is 60.7 Å². The van der Waals surface area contributed by atoms with Crippen molar-refractivity contribution in [2.24, 2.45) is 0 Å². The summed E-state index contributed by atoms with van der Waals surface area (Å²) in [4.78, 5) is 24.0. The Balaban J connectivity index is 1.36. The number of amides is 1. The maximum absolute atomic E-state index is 12.6. The highest BCUT2D eigenvalue weighted by Crippen LogP contribution is 2.44. The van der Waals surface area contributed by atoms with Crippen molar-refractivity contribution in [1.29, 1.82) is 0 Å². The van der Waals surface area contributed by atoms with Gasteiger partial charge in [0.25, 0.3) is 0 Å². The lowest BCUT2D eigenvalue weighted by atomic mass is 9.98. The number of carbonyl (C=O) groups is 2. The van der Waals surface area contributed by atoms with Crippen LogP contribution in [0.4, 0.5) is 4.79 Å². The minimum atomic E-state index is -1.07. The predicted octanol–water partition coefficient (Wildman–Crippen LogP) is 4.40. The molecule has 3 aromatic carbocycles. The van der Waals surface area contributed by atoms with Crippen LogP contribution in [0.2, 0.25) is 0 Å². The molecule has 4 rings (SSSR count). The third kappa shape index (κ3) is 6.17. The molecule has 1 aliphatic rings. The number of hydrogen-bond acceptors (Lipinski definition) is 6. The quantitative estimate of drug-likeness (QED) is 0.241. The second kappa shape index (κ2) is 11.5. The molecule has 8 nitrogen and oxygen atoms in total. The summed E-state index contributed by atoms with van der Waals surface area (Å²) in [6.45, 7) is 2.54. The van der Waals surface area contributed by atoms with E-state index in [-0.39, 0.29) is 32.4 Å². The molecule has 1 aliphatic carbocycles. The molecule has 35 heavy (non-hydrogen) atoms. The van der Waals surface area contributed by atoms with Gasteiger partial charge in [0.15, 0.2) is 6.79 Å². The highest BCUT2D eigenvalue weighted by atomic mass is 16.7. The summed E-state index contributed by atoms with van der Waals surface area (Å²) in [7, 11) is 0. The van der Waals surface area contributed by atoms with Crippen LogP contribution in [0.15, 0.2) is 72.8 Å². The van der Waals surface area contributed by atoms with Crippen LogP contribution in [0, 0.1) is 0 Å². The van der Waals surface area contributed by atoms with Crippen molar-refractivity contribution in [3.8, 4) is 16.9 Å². The number of fused-ring (bicyclic) bond motifs is 3. The molecule has 0 bridgehead atoms. The van der Waals surface area contributed by atoms with Crippen LogP contribution in [0.3, 0.4) is 0 Å². The van der Waals surface area contributed by atoms with E-state index in [2.05, 4.69) is 17.6 Å². The van der Waals surface area contributed by atoms with Gasteiger partial charge < -0.3 is 19.3 Å². The van der Waals surface area contributed by atoms with Crippen LogP contribution in [0.5, 0.6) is 5.75 Å². The molecule has 0 fully saturated rings. The van der Waals surface area contributed by atoms with E-state index in [1.54, 1.807) is 24.3 Å². The number of benzene rings is 3. The van der Waals surface area contributed by atoms with E-state index in [0.717, 1.165) is 27.8 Å². The highest BCUT2D eigenvalue weighted by molar-refractivity contribution is 5.79. The van der Waals surface area contributed by atoms with Crippen molar-refractivity contribution in [1.82, 2.24) is 10.4 Å². The Labute approximate surface area is 204 Å². The standard InChI is InChI=1S/C27H28N2O6/c1-2-33-18-35-20-13-11-19(12-14-20)15-29(16-26(30)31)28-27(32)34-17-25-23-9-5-3-7-21(23)22-8-4-6-10-24(22)25/h3-14,25H,2,15-18H2,1H3,(H,28,32)(H,30,31). The number of rotatable bonds is 11.